The van der Waals surface area contributed by atoms with Crippen LogP contribution in [0.3, 0.4) is 0 Å². The van der Waals surface area contributed by atoms with E-state index in [1.165, 1.54) is 16.8 Å². The highest BCUT2D eigenvalue weighted by Gasteiger charge is 2.35. The Balaban J connectivity index is 1.75. The molecule has 144 valence electrons. The topological polar surface area (TPSA) is 46.9 Å². The van der Waals surface area contributed by atoms with E-state index >= 15 is 0 Å². The van der Waals surface area contributed by atoms with Crippen molar-refractivity contribution in [2.24, 2.45) is 0 Å². The number of rotatable bonds is 3. The molecule has 1 N–H and O–H groups in total. The first-order chi connectivity index (χ1) is 13.3. The number of aromatic nitrogens is 2. The third kappa shape index (κ3) is 3.49. The number of halogens is 4. The maximum absolute atomic E-state index is 13.3. The van der Waals surface area contributed by atoms with Gasteiger partial charge in [0.05, 0.1) is 22.5 Å². The predicted octanol–water partition coefficient (Wildman–Crippen LogP) is 5.54. The molecule has 0 saturated carbocycles. The predicted molar refractivity (Wildman–Crippen MR) is 103 cm³/mol. The fourth-order valence-corrected chi connectivity index (χ4v) is 4.17. The maximum Gasteiger partial charge on any atom is 0.417 e. The van der Waals surface area contributed by atoms with E-state index in [0.29, 0.717) is 28.0 Å². The van der Waals surface area contributed by atoms with Crippen LogP contribution in [0.15, 0.2) is 48.5 Å². The van der Waals surface area contributed by atoms with E-state index in [0.717, 1.165) is 23.4 Å². The molecule has 4 nitrogen and oxygen atoms in total. The Morgan fingerprint density at radius 1 is 1.11 bits per heavy atom. The number of benzene rings is 2. The van der Waals surface area contributed by atoms with Crippen LogP contribution in [-0.4, -0.2) is 15.7 Å². The highest BCUT2D eigenvalue weighted by Crippen LogP contribution is 2.37. The molecule has 0 aliphatic carbocycles. The molecule has 0 spiro atoms. The van der Waals surface area contributed by atoms with Crippen LogP contribution in [0.1, 0.15) is 27.2 Å². The normalized spacial score (nSPS) is 13.4. The molecule has 0 bridgehead atoms. The summed E-state index contributed by atoms with van der Waals surface area (Å²) in [6.45, 7) is 0. The second-order valence-electron chi connectivity index (χ2n) is 6.15. The molecule has 9 heteroatoms. The largest absolute Gasteiger partial charge is 0.417 e. The number of alkyl halides is 3. The number of hydrogen-bond acceptors (Lipinski definition) is 3. The lowest BCUT2D eigenvalue weighted by Crippen LogP contribution is -2.20. The molecule has 1 aliphatic heterocycles. The molecule has 1 aliphatic rings. The van der Waals surface area contributed by atoms with Gasteiger partial charge in [-0.1, -0.05) is 23.7 Å². The van der Waals surface area contributed by atoms with E-state index in [1.807, 2.05) is 0 Å². The molecule has 4 rings (SSSR count). The molecule has 1 aromatic heterocycles. The lowest BCUT2D eigenvalue weighted by molar-refractivity contribution is -0.137. The Hall–Kier alpha value is -2.45. The minimum atomic E-state index is -4.62. The van der Waals surface area contributed by atoms with Crippen molar-refractivity contribution in [1.29, 1.82) is 0 Å². The Kier molecular flexibility index (Phi) is 4.84. The third-order valence-electron chi connectivity index (χ3n) is 4.33. The molecular weight excluding hydrogens is 411 g/mol. The van der Waals surface area contributed by atoms with E-state index in [9.17, 15) is 18.0 Å². The molecular formula is C19H13ClF3N3OS. The zero-order chi connectivity index (χ0) is 19.9. The van der Waals surface area contributed by atoms with Crippen LogP contribution in [0.2, 0.25) is 5.02 Å². The molecule has 3 aromatic rings. The summed E-state index contributed by atoms with van der Waals surface area (Å²) in [5, 5.41) is 7.72. The number of nitrogens with zero attached hydrogens (tertiary/aromatic N) is 2. The van der Waals surface area contributed by atoms with Crippen LogP contribution in [0.25, 0.3) is 5.69 Å². The minimum Gasteiger partial charge on any atom is -0.306 e. The monoisotopic (exact) mass is 423 g/mol. The zero-order valence-corrected chi connectivity index (χ0v) is 15.8. The van der Waals surface area contributed by atoms with Gasteiger partial charge in [-0.15, -0.1) is 0 Å². The van der Waals surface area contributed by atoms with Crippen molar-refractivity contribution in [3.63, 3.8) is 0 Å². The van der Waals surface area contributed by atoms with E-state index in [1.54, 1.807) is 36.0 Å². The molecule has 0 saturated heterocycles. The summed E-state index contributed by atoms with van der Waals surface area (Å²) in [4.78, 5) is 12.7. The summed E-state index contributed by atoms with van der Waals surface area (Å²) in [6, 6.07) is 11.6. The van der Waals surface area contributed by atoms with Gasteiger partial charge in [0.1, 0.15) is 5.82 Å². The quantitative estimate of drug-likeness (QED) is 0.601. The van der Waals surface area contributed by atoms with Gasteiger partial charge in [-0.2, -0.15) is 30.0 Å². The van der Waals surface area contributed by atoms with Crippen LogP contribution in [0.5, 0.6) is 0 Å². The number of hydrogen-bond donors (Lipinski definition) is 1. The van der Waals surface area contributed by atoms with E-state index < -0.39 is 23.2 Å². The van der Waals surface area contributed by atoms with Crippen molar-refractivity contribution >= 4 is 35.1 Å². The number of fused-ring (bicyclic) bond motifs is 1. The summed E-state index contributed by atoms with van der Waals surface area (Å²) in [5.74, 6) is 0.851. The van der Waals surface area contributed by atoms with Gasteiger partial charge < -0.3 is 5.32 Å². The summed E-state index contributed by atoms with van der Waals surface area (Å²) in [5.41, 5.74) is 0.870. The second kappa shape index (κ2) is 7.18. The highest BCUT2D eigenvalue weighted by atomic mass is 35.5. The number of carbonyl (C=O) groups is 1. The van der Waals surface area contributed by atoms with Gasteiger partial charge in [0.15, 0.2) is 0 Å². The van der Waals surface area contributed by atoms with Crippen LogP contribution in [0, 0.1) is 0 Å². The minimum absolute atomic E-state index is 0.379. The molecule has 0 radical (unpaired) electrons. The third-order valence-corrected chi connectivity index (χ3v) is 5.55. The van der Waals surface area contributed by atoms with Crippen molar-refractivity contribution < 1.29 is 18.0 Å². The molecule has 1 amide bonds. The van der Waals surface area contributed by atoms with E-state index in [4.69, 9.17) is 11.6 Å². The summed E-state index contributed by atoms with van der Waals surface area (Å²) >= 11 is 7.56. The standard InChI is InChI=1S/C19H13ClF3N3OS/c20-11-5-7-12(8-6-11)26-17(14-9-28-10-16(14)25-26)24-18(27)13-3-1-2-4-15(13)19(21,22)23/h1-8H,9-10H2,(H,24,27). The van der Waals surface area contributed by atoms with E-state index in [2.05, 4.69) is 10.4 Å². The molecule has 2 aromatic carbocycles. The summed E-state index contributed by atoms with van der Waals surface area (Å²) in [7, 11) is 0. The van der Waals surface area contributed by atoms with Crippen LogP contribution in [0.4, 0.5) is 19.0 Å². The second-order valence-corrected chi connectivity index (χ2v) is 7.57. The lowest BCUT2D eigenvalue weighted by atomic mass is 10.1. The molecule has 0 atom stereocenters. The number of anilines is 1. The summed E-state index contributed by atoms with van der Waals surface area (Å²) < 4.78 is 41.4. The average molecular weight is 424 g/mol. The molecule has 0 unspecified atom stereocenters. The number of amides is 1. The van der Waals surface area contributed by atoms with Crippen LogP contribution in [-0.2, 0) is 17.7 Å². The van der Waals surface area contributed by atoms with Gasteiger partial charge in [-0.25, -0.2) is 4.68 Å². The SMILES string of the molecule is O=C(Nc1c2c(nn1-c1ccc(Cl)cc1)CSC2)c1ccccc1C(F)(F)F. The van der Waals surface area contributed by atoms with Gasteiger partial charge in [0.25, 0.3) is 5.91 Å². The lowest BCUT2D eigenvalue weighted by Gasteiger charge is -2.14. The van der Waals surface area contributed by atoms with Crippen molar-refractivity contribution in [3.8, 4) is 5.69 Å². The first-order valence-electron chi connectivity index (χ1n) is 8.26. The Labute approximate surface area is 167 Å². The van der Waals surface area contributed by atoms with Crippen LogP contribution < -0.4 is 5.32 Å². The highest BCUT2D eigenvalue weighted by molar-refractivity contribution is 7.98. The zero-order valence-electron chi connectivity index (χ0n) is 14.3. The van der Waals surface area contributed by atoms with Crippen molar-refractivity contribution in [2.75, 3.05) is 5.32 Å². The van der Waals surface area contributed by atoms with Crippen LogP contribution >= 0.6 is 23.4 Å². The first kappa shape index (κ1) is 18.9. The Bertz CT molecular complexity index is 1050. The van der Waals surface area contributed by atoms with E-state index in [-0.39, 0.29) is 0 Å². The summed E-state index contributed by atoms with van der Waals surface area (Å²) in [6.07, 6.45) is -4.62. The number of thioether (sulfide) groups is 1. The number of carbonyl (C=O) groups excluding carboxylic acids is 1. The Morgan fingerprint density at radius 3 is 2.54 bits per heavy atom. The smallest absolute Gasteiger partial charge is 0.306 e. The molecule has 28 heavy (non-hydrogen) atoms. The molecule has 2 heterocycles. The molecule has 0 fully saturated rings. The average Bonchev–Trinajstić information content (AvgIpc) is 3.24. The Morgan fingerprint density at radius 2 is 1.82 bits per heavy atom. The fraction of sp³-hybridized carbons (Fsp3) is 0.158. The van der Waals surface area contributed by atoms with Gasteiger partial charge in [-0.3, -0.25) is 4.79 Å². The number of nitrogens with one attached hydrogen (secondary N) is 1. The first-order valence-corrected chi connectivity index (χ1v) is 9.80. The van der Waals surface area contributed by atoms with Gasteiger partial charge in [0, 0.05) is 22.1 Å². The van der Waals surface area contributed by atoms with Crippen molar-refractivity contribution in [2.45, 2.75) is 17.7 Å². The fourth-order valence-electron chi connectivity index (χ4n) is 3.01. The van der Waals surface area contributed by atoms with Crippen molar-refractivity contribution in [1.82, 2.24) is 9.78 Å². The van der Waals surface area contributed by atoms with Gasteiger partial charge >= 0.3 is 6.18 Å². The van der Waals surface area contributed by atoms with Gasteiger partial charge in [-0.05, 0) is 36.4 Å². The van der Waals surface area contributed by atoms with Crippen molar-refractivity contribution in [3.05, 3.63) is 75.9 Å². The van der Waals surface area contributed by atoms with Gasteiger partial charge in [0.2, 0.25) is 0 Å². The maximum atomic E-state index is 13.3.